The van der Waals surface area contributed by atoms with Crippen LogP contribution in [0.15, 0.2) is 36.0 Å². The van der Waals surface area contributed by atoms with Gasteiger partial charge in [-0.3, -0.25) is 14.5 Å². The Morgan fingerprint density at radius 1 is 1.26 bits per heavy atom. The molecule has 0 saturated heterocycles. The van der Waals surface area contributed by atoms with E-state index in [9.17, 15) is 9.59 Å². The van der Waals surface area contributed by atoms with E-state index in [1.807, 2.05) is 6.92 Å². The van der Waals surface area contributed by atoms with Gasteiger partial charge in [-0.2, -0.15) is 0 Å². The van der Waals surface area contributed by atoms with E-state index in [1.54, 1.807) is 31.4 Å². The van der Waals surface area contributed by atoms with Crippen molar-refractivity contribution >= 4 is 17.5 Å². The SMILES string of the molecule is COCC(C)Oc1ccc(NC2=CC(=O)N(CCO)C2=O)cc1. The van der Waals surface area contributed by atoms with Gasteiger partial charge in [-0.15, -0.1) is 0 Å². The number of rotatable bonds is 8. The van der Waals surface area contributed by atoms with Crippen LogP contribution in [0.2, 0.25) is 0 Å². The van der Waals surface area contributed by atoms with Gasteiger partial charge in [0.05, 0.1) is 19.8 Å². The Hall–Kier alpha value is -2.38. The van der Waals surface area contributed by atoms with Crippen molar-refractivity contribution in [3.8, 4) is 5.75 Å². The number of hydrogen-bond donors (Lipinski definition) is 2. The highest BCUT2D eigenvalue weighted by Gasteiger charge is 2.30. The molecule has 0 aromatic heterocycles. The highest BCUT2D eigenvalue weighted by Crippen LogP contribution is 2.20. The Bertz CT molecular complexity index is 597. The van der Waals surface area contributed by atoms with Crippen LogP contribution >= 0.6 is 0 Å². The second kappa shape index (κ2) is 7.75. The van der Waals surface area contributed by atoms with Crippen molar-refractivity contribution in [1.82, 2.24) is 4.90 Å². The third kappa shape index (κ3) is 4.30. The lowest BCUT2D eigenvalue weighted by Gasteiger charge is -2.15. The van der Waals surface area contributed by atoms with Crippen molar-refractivity contribution < 1.29 is 24.2 Å². The molecule has 1 heterocycles. The molecule has 2 rings (SSSR count). The lowest BCUT2D eigenvalue weighted by molar-refractivity contribution is -0.137. The first-order valence-corrected chi connectivity index (χ1v) is 7.26. The maximum Gasteiger partial charge on any atom is 0.277 e. The molecule has 2 amide bonds. The van der Waals surface area contributed by atoms with Gasteiger partial charge in [0.1, 0.15) is 17.6 Å². The molecule has 7 heteroatoms. The number of ether oxygens (including phenoxy) is 2. The summed E-state index contributed by atoms with van der Waals surface area (Å²) in [6, 6.07) is 7.04. The summed E-state index contributed by atoms with van der Waals surface area (Å²) < 4.78 is 10.6. The summed E-state index contributed by atoms with van der Waals surface area (Å²) in [7, 11) is 1.61. The minimum absolute atomic E-state index is 0.0104. The van der Waals surface area contributed by atoms with Crippen LogP contribution in [0.25, 0.3) is 0 Å². The number of β-amino-alcohol motifs (C(OH)–C–C–N with tert-alkyl or cyclic N) is 1. The molecule has 1 aromatic rings. The van der Waals surface area contributed by atoms with Crippen molar-refractivity contribution in [3.05, 3.63) is 36.0 Å². The van der Waals surface area contributed by atoms with Crippen molar-refractivity contribution in [2.45, 2.75) is 13.0 Å². The van der Waals surface area contributed by atoms with E-state index < -0.39 is 11.8 Å². The Morgan fingerprint density at radius 2 is 1.96 bits per heavy atom. The zero-order valence-corrected chi connectivity index (χ0v) is 13.1. The summed E-state index contributed by atoms with van der Waals surface area (Å²) in [6.45, 7) is 2.12. The lowest BCUT2D eigenvalue weighted by atomic mass is 10.3. The molecule has 0 spiro atoms. The van der Waals surface area contributed by atoms with Crippen LogP contribution in [0.3, 0.4) is 0 Å². The molecular formula is C16H20N2O5. The Morgan fingerprint density at radius 3 is 2.57 bits per heavy atom. The average Bonchev–Trinajstić information content (AvgIpc) is 2.77. The number of anilines is 1. The largest absolute Gasteiger partial charge is 0.488 e. The molecule has 0 bridgehead atoms. The van der Waals surface area contributed by atoms with Crippen LogP contribution < -0.4 is 10.1 Å². The van der Waals surface area contributed by atoms with E-state index in [0.29, 0.717) is 18.0 Å². The van der Waals surface area contributed by atoms with E-state index in [1.165, 1.54) is 6.08 Å². The van der Waals surface area contributed by atoms with Gasteiger partial charge in [0.15, 0.2) is 0 Å². The predicted octanol–water partition coefficient (Wildman–Crippen LogP) is 0.757. The van der Waals surface area contributed by atoms with Crippen molar-refractivity contribution in [2.75, 3.05) is 32.2 Å². The van der Waals surface area contributed by atoms with Crippen LogP contribution in [-0.4, -0.2) is 54.8 Å². The number of methoxy groups -OCH3 is 1. The first kappa shape index (κ1) is 17.0. The summed E-state index contributed by atoms with van der Waals surface area (Å²) in [5.41, 5.74) is 0.847. The van der Waals surface area contributed by atoms with Crippen molar-refractivity contribution in [3.63, 3.8) is 0 Å². The highest BCUT2D eigenvalue weighted by molar-refractivity contribution is 6.17. The number of aliphatic hydroxyl groups excluding tert-OH is 1. The van der Waals surface area contributed by atoms with Gasteiger partial charge >= 0.3 is 0 Å². The molecule has 2 N–H and O–H groups in total. The fraction of sp³-hybridized carbons (Fsp3) is 0.375. The van der Waals surface area contributed by atoms with E-state index in [4.69, 9.17) is 14.6 Å². The Kier molecular flexibility index (Phi) is 5.72. The zero-order valence-electron chi connectivity index (χ0n) is 13.1. The second-order valence-corrected chi connectivity index (χ2v) is 5.11. The fourth-order valence-corrected chi connectivity index (χ4v) is 2.18. The summed E-state index contributed by atoms with van der Waals surface area (Å²) in [4.78, 5) is 24.7. The Labute approximate surface area is 134 Å². The van der Waals surface area contributed by atoms with E-state index >= 15 is 0 Å². The lowest BCUT2D eigenvalue weighted by Crippen LogP contribution is -2.34. The molecule has 1 unspecified atom stereocenters. The first-order valence-electron chi connectivity index (χ1n) is 7.26. The number of benzene rings is 1. The summed E-state index contributed by atoms with van der Waals surface area (Å²) in [6.07, 6.45) is 1.16. The third-order valence-electron chi connectivity index (χ3n) is 3.20. The van der Waals surface area contributed by atoms with Gasteiger partial charge in [0, 0.05) is 18.9 Å². The average molecular weight is 320 g/mol. The Balaban J connectivity index is 1.97. The molecule has 23 heavy (non-hydrogen) atoms. The number of nitrogens with one attached hydrogen (secondary N) is 1. The maximum atomic E-state index is 12.0. The number of carbonyl (C=O) groups excluding carboxylic acids is 2. The quantitative estimate of drug-likeness (QED) is 0.688. The maximum absolute atomic E-state index is 12.0. The van der Waals surface area contributed by atoms with Gasteiger partial charge in [0.2, 0.25) is 0 Å². The molecule has 1 aliphatic heterocycles. The highest BCUT2D eigenvalue weighted by atomic mass is 16.5. The molecular weight excluding hydrogens is 300 g/mol. The van der Waals surface area contributed by atoms with Crippen LogP contribution in [0.1, 0.15) is 6.92 Å². The van der Waals surface area contributed by atoms with E-state index in [0.717, 1.165) is 4.90 Å². The van der Waals surface area contributed by atoms with Crippen LogP contribution in [0, 0.1) is 0 Å². The minimum atomic E-state index is -0.446. The summed E-state index contributed by atoms with van der Waals surface area (Å²) in [5, 5.41) is 11.8. The number of carbonyl (C=O) groups is 2. The van der Waals surface area contributed by atoms with Crippen LogP contribution in [0.4, 0.5) is 5.69 Å². The predicted molar refractivity (Wildman–Crippen MR) is 83.9 cm³/mol. The molecule has 7 nitrogen and oxygen atoms in total. The van der Waals surface area contributed by atoms with Gasteiger partial charge < -0.3 is 19.9 Å². The van der Waals surface area contributed by atoms with E-state index in [2.05, 4.69) is 5.32 Å². The topological polar surface area (TPSA) is 88.1 Å². The fourth-order valence-electron chi connectivity index (χ4n) is 2.18. The molecule has 0 saturated carbocycles. The van der Waals surface area contributed by atoms with Crippen LogP contribution in [-0.2, 0) is 14.3 Å². The second-order valence-electron chi connectivity index (χ2n) is 5.11. The molecule has 0 aliphatic carbocycles. The van der Waals surface area contributed by atoms with E-state index in [-0.39, 0.29) is 25.0 Å². The smallest absolute Gasteiger partial charge is 0.277 e. The number of amides is 2. The third-order valence-corrected chi connectivity index (χ3v) is 3.20. The number of nitrogens with zero attached hydrogens (tertiary/aromatic N) is 1. The van der Waals surface area contributed by atoms with Crippen molar-refractivity contribution in [2.24, 2.45) is 0 Å². The molecule has 0 radical (unpaired) electrons. The molecule has 0 fully saturated rings. The van der Waals surface area contributed by atoms with Gasteiger partial charge in [-0.1, -0.05) is 0 Å². The summed E-state index contributed by atoms with van der Waals surface area (Å²) >= 11 is 0. The van der Waals surface area contributed by atoms with Crippen molar-refractivity contribution in [1.29, 1.82) is 0 Å². The van der Waals surface area contributed by atoms with Gasteiger partial charge in [-0.25, -0.2) is 0 Å². The first-order chi connectivity index (χ1) is 11.0. The number of imide groups is 1. The number of hydrogen-bond acceptors (Lipinski definition) is 6. The standard InChI is InChI=1S/C16H20N2O5/c1-11(10-22-2)23-13-5-3-12(4-6-13)17-14-9-15(20)18(7-8-19)16(14)21/h3-6,9,11,17,19H,7-8,10H2,1-2H3. The molecule has 124 valence electrons. The molecule has 1 aromatic carbocycles. The molecule has 1 atom stereocenters. The van der Waals surface area contributed by atoms with Gasteiger partial charge in [-0.05, 0) is 31.2 Å². The zero-order chi connectivity index (χ0) is 16.8. The minimum Gasteiger partial charge on any atom is -0.488 e. The summed E-state index contributed by atoms with van der Waals surface area (Å²) in [5.74, 6) is -0.192. The monoisotopic (exact) mass is 320 g/mol. The number of aliphatic hydroxyl groups is 1. The molecule has 1 aliphatic rings. The normalized spacial score (nSPS) is 15.6. The van der Waals surface area contributed by atoms with Crippen LogP contribution in [0.5, 0.6) is 5.75 Å². The van der Waals surface area contributed by atoms with Gasteiger partial charge in [0.25, 0.3) is 11.8 Å².